The van der Waals surface area contributed by atoms with Gasteiger partial charge in [0.1, 0.15) is 0 Å². The molecule has 64 valence electrons. The van der Waals surface area contributed by atoms with Gasteiger partial charge in [-0.05, 0) is 12.0 Å². The van der Waals surface area contributed by atoms with Gasteiger partial charge in [-0.3, -0.25) is 4.99 Å². The molecule has 0 saturated heterocycles. The summed E-state index contributed by atoms with van der Waals surface area (Å²) in [6, 6.07) is 0. The van der Waals surface area contributed by atoms with E-state index in [2.05, 4.69) is 24.6 Å². The predicted molar refractivity (Wildman–Crippen MR) is 54.6 cm³/mol. The zero-order valence-electron chi connectivity index (χ0n) is 7.59. The summed E-state index contributed by atoms with van der Waals surface area (Å²) in [6.07, 6.45) is 10.0. The van der Waals surface area contributed by atoms with E-state index in [1.807, 2.05) is 12.3 Å². The molecule has 0 atom stereocenters. The lowest BCUT2D eigenvalue weighted by molar-refractivity contribution is 0.975. The van der Waals surface area contributed by atoms with Crippen LogP contribution < -0.4 is 0 Å². The molecule has 1 aliphatic rings. The van der Waals surface area contributed by atoms with Crippen LogP contribution in [0.4, 0.5) is 0 Å². The van der Waals surface area contributed by atoms with Crippen LogP contribution in [0.25, 0.3) is 0 Å². The van der Waals surface area contributed by atoms with E-state index >= 15 is 0 Å². The highest BCUT2D eigenvalue weighted by molar-refractivity contribution is 5.64. The molecule has 0 spiro atoms. The smallest absolute Gasteiger partial charge is 0.0635 e. The van der Waals surface area contributed by atoms with E-state index in [1.54, 1.807) is 6.08 Å². The molecule has 0 amide bonds. The molecule has 0 aromatic rings. The van der Waals surface area contributed by atoms with Crippen molar-refractivity contribution in [2.45, 2.75) is 19.8 Å². The summed E-state index contributed by atoms with van der Waals surface area (Å²) < 4.78 is 0. The molecule has 1 heterocycles. The summed E-state index contributed by atoms with van der Waals surface area (Å²) in [5.41, 5.74) is 2.86. The molecule has 0 aromatic carbocycles. The standard InChI is InChI=1S/C11H15N/c1-3-5-6-11-9-12-8-7-10(11)4-2/h3,5-6,8H,1,4,7,9H2,2H3/b6-5-. The van der Waals surface area contributed by atoms with Crippen LogP contribution >= 0.6 is 0 Å². The largest absolute Gasteiger partial charge is 0.292 e. The zero-order chi connectivity index (χ0) is 8.81. The highest BCUT2D eigenvalue weighted by atomic mass is 14.7. The first-order chi connectivity index (χ1) is 5.88. The number of dihydropyridines is 1. The van der Waals surface area contributed by atoms with E-state index in [4.69, 9.17) is 0 Å². The second-order valence-corrected chi connectivity index (χ2v) is 2.80. The topological polar surface area (TPSA) is 12.4 Å². The van der Waals surface area contributed by atoms with Gasteiger partial charge in [-0.15, -0.1) is 0 Å². The van der Waals surface area contributed by atoms with Crippen LogP contribution in [0.5, 0.6) is 0 Å². The summed E-state index contributed by atoms with van der Waals surface area (Å²) in [5.74, 6) is 0. The van der Waals surface area contributed by atoms with Gasteiger partial charge in [0.25, 0.3) is 0 Å². The average molecular weight is 161 g/mol. The number of aliphatic imine (C=N–C) groups is 1. The molecule has 0 unspecified atom stereocenters. The molecule has 0 saturated carbocycles. The van der Waals surface area contributed by atoms with E-state index in [9.17, 15) is 0 Å². The average Bonchev–Trinajstić information content (AvgIpc) is 2.15. The van der Waals surface area contributed by atoms with Crippen molar-refractivity contribution in [2.24, 2.45) is 4.99 Å². The van der Waals surface area contributed by atoms with E-state index in [1.165, 1.54) is 11.1 Å². The van der Waals surface area contributed by atoms with E-state index in [0.717, 1.165) is 19.4 Å². The highest BCUT2D eigenvalue weighted by Crippen LogP contribution is 2.17. The van der Waals surface area contributed by atoms with Crippen LogP contribution in [-0.2, 0) is 0 Å². The van der Waals surface area contributed by atoms with Gasteiger partial charge in [-0.25, -0.2) is 0 Å². The minimum atomic E-state index is 0.841. The lowest BCUT2D eigenvalue weighted by Crippen LogP contribution is -2.00. The molecule has 0 radical (unpaired) electrons. The molecule has 0 N–H and O–H groups in total. The second-order valence-electron chi connectivity index (χ2n) is 2.80. The van der Waals surface area contributed by atoms with Gasteiger partial charge >= 0.3 is 0 Å². The van der Waals surface area contributed by atoms with E-state index < -0.39 is 0 Å². The maximum atomic E-state index is 4.24. The maximum Gasteiger partial charge on any atom is 0.0635 e. The van der Waals surface area contributed by atoms with Gasteiger partial charge in [0.05, 0.1) is 6.54 Å². The van der Waals surface area contributed by atoms with Crippen molar-refractivity contribution in [1.29, 1.82) is 0 Å². The summed E-state index contributed by atoms with van der Waals surface area (Å²) in [5, 5.41) is 0. The van der Waals surface area contributed by atoms with Gasteiger partial charge in [0, 0.05) is 12.6 Å². The minimum absolute atomic E-state index is 0.841. The Bertz CT molecular complexity index is 244. The Hall–Kier alpha value is -1.11. The van der Waals surface area contributed by atoms with Crippen LogP contribution in [0.1, 0.15) is 19.8 Å². The third-order valence-corrected chi connectivity index (χ3v) is 2.04. The Morgan fingerprint density at radius 1 is 1.67 bits per heavy atom. The molecular weight excluding hydrogens is 146 g/mol. The molecule has 1 heteroatoms. The SMILES string of the molecule is C=C/C=C\C1=C(CC)CC=NC1. The molecule has 1 nitrogen and oxygen atoms in total. The lowest BCUT2D eigenvalue weighted by atomic mass is 10.0. The normalized spacial score (nSPS) is 17.4. The van der Waals surface area contributed by atoms with Crippen LogP contribution in [0.3, 0.4) is 0 Å². The van der Waals surface area contributed by atoms with Gasteiger partial charge < -0.3 is 0 Å². The fourth-order valence-electron chi connectivity index (χ4n) is 1.31. The third kappa shape index (κ3) is 2.19. The van der Waals surface area contributed by atoms with Crippen molar-refractivity contribution in [1.82, 2.24) is 0 Å². The molecule has 1 rings (SSSR count). The van der Waals surface area contributed by atoms with Gasteiger partial charge in [0.15, 0.2) is 0 Å². The summed E-state index contributed by atoms with van der Waals surface area (Å²) in [4.78, 5) is 4.24. The minimum Gasteiger partial charge on any atom is -0.292 e. The number of hydrogen-bond acceptors (Lipinski definition) is 1. The maximum absolute atomic E-state index is 4.24. The molecule has 0 fully saturated rings. The first-order valence-electron chi connectivity index (χ1n) is 4.36. The van der Waals surface area contributed by atoms with Crippen molar-refractivity contribution in [3.63, 3.8) is 0 Å². The Labute approximate surface area is 74.2 Å². The first kappa shape index (κ1) is 8.98. The van der Waals surface area contributed by atoms with Gasteiger partial charge in [-0.1, -0.05) is 37.3 Å². The van der Waals surface area contributed by atoms with E-state index in [-0.39, 0.29) is 0 Å². The van der Waals surface area contributed by atoms with E-state index in [0.29, 0.717) is 0 Å². The monoisotopic (exact) mass is 161 g/mol. The predicted octanol–water partition coefficient (Wildman–Crippen LogP) is 2.91. The molecule has 0 aromatic heterocycles. The Morgan fingerprint density at radius 3 is 3.17 bits per heavy atom. The van der Waals surface area contributed by atoms with Crippen LogP contribution in [-0.4, -0.2) is 12.8 Å². The van der Waals surface area contributed by atoms with Crippen molar-refractivity contribution < 1.29 is 0 Å². The molecule has 1 aliphatic heterocycles. The van der Waals surface area contributed by atoms with Crippen molar-refractivity contribution in [3.8, 4) is 0 Å². The van der Waals surface area contributed by atoms with Crippen LogP contribution in [0.15, 0.2) is 40.9 Å². The fraction of sp³-hybridized carbons (Fsp3) is 0.364. The quantitative estimate of drug-likeness (QED) is 0.564. The van der Waals surface area contributed by atoms with Crippen molar-refractivity contribution in [2.75, 3.05) is 6.54 Å². The Balaban J connectivity index is 2.74. The van der Waals surface area contributed by atoms with Crippen molar-refractivity contribution in [3.05, 3.63) is 36.0 Å². The number of hydrogen-bond donors (Lipinski definition) is 0. The molecule has 0 bridgehead atoms. The van der Waals surface area contributed by atoms with Crippen molar-refractivity contribution >= 4 is 6.21 Å². The Kier molecular flexibility index (Phi) is 3.52. The third-order valence-electron chi connectivity index (χ3n) is 2.04. The summed E-state index contributed by atoms with van der Waals surface area (Å²) in [6.45, 7) is 6.68. The Morgan fingerprint density at radius 2 is 2.50 bits per heavy atom. The second kappa shape index (κ2) is 4.70. The number of rotatable bonds is 3. The van der Waals surface area contributed by atoms with Gasteiger partial charge in [0.2, 0.25) is 0 Å². The first-order valence-corrected chi connectivity index (χ1v) is 4.36. The number of allylic oxidation sites excluding steroid dienone is 3. The number of nitrogens with zero attached hydrogens (tertiary/aromatic N) is 1. The molecule has 12 heavy (non-hydrogen) atoms. The molecular formula is C11H15N. The molecule has 0 aliphatic carbocycles. The summed E-state index contributed by atoms with van der Waals surface area (Å²) >= 11 is 0. The lowest BCUT2D eigenvalue weighted by Gasteiger charge is -2.11. The van der Waals surface area contributed by atoms with Gasteiger partial charge in [-0.2, -0.15) is 0 Å². The van der Waals surface area contributed by atoms with Crippen LogP contribution in [0.2, 0.25) is 0 Å². The fourth-order valence-corrected chi connectivity index (χ4v) is 1.31. The zero-order valence-corrected chi connectivity index (χ0v) is 7.59. The summed E-state index contributed by atoms with van der Waals surface area (Å²) in [7, 11) is 0. The highest BCUT2D eigenvalue weighted by Gasteiger charge is 2.03. The van der Waals surface area contributed by atoms with Crippen LogP contribution in [0, 0.1) is 0 Å².